The molecule has 0 aliphatic rings. The molecule has 0 fully saturated rings. The van der Waals surface area contributed by atoms with Gasteiger partial charge in [0.2, 0.25) is 0 Å². The highest BCUT2D eigenvalue weighted by molar-refractivity contribution is 5.79. The van der Waals surface area contributed by atoms with Crippen molar-refractivity contribution in [1.29, 1.82) is 0 Å². The average Bonchev–Trinajstić information content (AvgIpc) is 2.71. The first-order valence-electron chi connectivity index (χ1n) is 9.03. The summed E-state index contributed by atoms with van der Waals surface area (Å²) in [5, 5.41) is 0. The Hall–Kier alpha value is -2.87. The van der Waals surface area contributed by atoms with Gasteiger partial charge in [0.25, 0.3) is 0 Å². The quantitative estimate of drug-likeness (QED) is 0.533. The molecule has 26 heavy (non-hydrogen) atoms. The largest absolute Gasteiger partial charge is 0.496 e. The van der Waals surface area contributed by atoms with Crippen LogP contribution in [0.15, 0.2) is 72.8 Å². The van der Waals surface area contributed by atoms with E-state index in [0.29, 0.717) is 0 Å². The highest BCUT2D eigenvalue weighted by Gasteiger charge is 2.14. The van der Waals surface area contributed by atoms with Crippen molar-refractivity contribution in [2.75, 3.05) is 7.11 Å². The molecular weight excluding hydrogens is 320 g/mol. The van der Waals surface area contributed by atoms with Crippen molar-refractivity contribution < 1.29 is 9.53 Å². The molecular formula is C24H24O2. The zero-order valence-corrected chi connectivity index (χ0v) is 15.2. The van der Waals surface area contributed by atoms with Crippen LogP contribution in [-0.4, -0.2) is 13.4 Å². The molecule has 0 bridgehead atoms. The summed E-state index contributed by atoms with van der Waals surface area (Å²) in [6.07, 6.45) is 4.50. The van der Waals surface area contributed by atoms with Crippen molar-refractivity contribution >= 4 is 6.29 Å². The molecule has 132 valence electrons. The van der Waals surface area contributed by atoms with Crippen molar-refractivity contribution in [3.05, 3.63) is 101 Å². The molecule has 3 aromatic carbocycles. The number of ether oxygens (including phenoxy) is 1. The third-order valence-electron chi connectivity index (χ3n) is 4.78. The first-order valence-corrected chi connectivity index (χ1v) is 9.03. The second-order valence-corrected chi connectivity index (χ2v) is 6.40. The van der Waals surface area contributed by atoms with E-state index in [0.717, 1.165) is 54.4 Å². The minimum atomic E-state index is 0.768. The van der Waals surface area contributed by atoms with E-state index in [1.54, 1.807) is 7.11 Å². The number of rotatable bonds is 8. The van der Waals surface area contributed by atoms with Gasteiger partial charge in [0.1, 0.15) is 12.0 Å². The van der Waals surface area contributed by atoms with Crippen LogP contribution in [0.3, 0.4) is 0 Å². The fraction of sp³-hybridized carbons (Fsp3) is 0.208. The Bertz CT molecular complexity index is 839. The van der Waals surface area contributed by atoms with E-state index in [-0.39, 0.29) is 0 Å². The molecule has 3 aromatic rings. The Labute approximate surface area is 155 Å². The van der Waals surface area contributed by atoms with Crippen LogP contribution < -0.4 is 4.74 Å². The number of carbonyl (C=O) groups is 1. The van der Waals surface area contributed by atoms with E-state index in [2.05, 4.69) is 48.5 Å². The Kier molecular flexibility index (Phi) is 6.21. The van der Waals surface area contributed by atoms with E-state index in [1.165, 1.54) is 11.1 Å². The lowest BCUT2D eigenvalue weighted by atomic mass is 9.91. The lowest BCUT2D eigenvalue weighted by Crippen LogP contribution is -2.06. The Morgan fingerprint density at radius 3 is 1.73 bits per heavy atom. The molecule has 0 N–H and O–H groups in total. The van der Waals surface area contributed by atoms with Gasteiger partial charge in [-0.05, 0) is 60.1 Å². The number of aldehydes is 1. The number of aryl methyl sites for hydroxylation is 2. The highest BCUT2D eigenvalue weighted by atomic mass is 16.5. The molecule has 0 spiro atoms. The van der Waals surface area contributed by atoms with Gasteiger partial charge in [-0.1, -0.05) is 60.7 Å². The topological polar surface area (TPSA) is 26.3 Å². The van der Waals surface area contributed by atoms with Crippen molar-refractivity contribution in [3.63, 3.8) is 0 Å². The highest BCUT2D eigenvalue weighted by Crippen LogP contribution is 2.28. The van der Waals surface area contributed by atoms with Crippen molar-refractivity contribution in [1.82, 2.24) is 0 Å². The maximum absolute atomic E-state index is 11.6. The summed E-state index contributed by atoms with van der Waals surface area (Å²) in [5.41, 5.74) is 5.60. The zero-order valence-electron chi connectivity index (χ0n) is 15.2. The van der Waals surface area contributed by atoms with Crippen molar-refractivity contribution in [2.24, 2.45) is 0 Å². The van der Waals surface area contributed by atoms with Gasteiger partial charge in [0.05, 0.1) is 7.11 Å². The molecule has 3 rings (SSSR count). The summed E-state index contributed by atoms with van der Waals surface area (Å²) in [6, 6.07) is 24.6. The number of hydrogen-bond acceptors (Lipinski definition) is 2. The van der Waals surface area contributed by atoms with Gasteiger partial charge >= 0.3 is 0 Å². The fourth-order valence-electron chi connectivity index (χ4n) is 3.39. The predicted octanol–water partition coefficient (Wildman–Crippen LogP) is 5.08. The van der Waals surface area contributed by atoms with Crippen LogP contribution >= 0.6 is 0 Å². The molecule has 0 aliphatic carbocycles. The fourth-order valence-corrected chi connectivity index (χ4v) is 3.39. The molecule has 0 amide bonds. The first kappa shape index (κ1) is 17.9. The van der Waals surface area contributed by atoms with E-state index in [9.17, 15) is 4.79 Å². The smallest absolute Gasteiger partial charge is 0.150 e. The number of methoxy groups -OCH3 is 1. The molecule has 0 aliphatic heterocycles. The van der Waals surface area contributed by atoms with Crippen LogP contribution in [0.1, 0.15) is 32.6 Å². The molecule has 0 unspecified atom stereocenters. The van der Waals surface area contributed by atoms with Gasteiger partial charge in [-0.2, -0.15) is 0 Å². The van der Waals surface area contributed by atoms with E-state index >= 15 is 0 Å². The van der Waals surface area contributed by atoms with E-state index < -0.39 is 0 Å². The Morgan fingerprint density at radius 2 is 1.23 bits per heavy atom. The zero-order chi connectivity index (χ0) is 18.2. The third kappa shape index (κ3) is 4.40. The third-order valence-corrected chi connectivity index (χ3v) is 4.78. The summed E-state index contributed by atoms with van der Waals surface area (Å²) in [7, 11) is 1.70. The monoisotopic (exact) mass is 344 g/mol. The number of benzene rings is 3. The average molecular weight is 344 g/mol. The number of hydrogen-bond donors (Lipinski definition) is 0. The summed E-state index contributed by atoms with van der Waals surface area (Å²) in [4.78, 5) is 11.6. The first-order chi connectivity index (χ1) is 12.8. The Balaban J connectivity index is 1.88. The SMILES string of the molecule is COc1ccc(C=O)c(CCc2ccccc2)c1CCc1ccccc1. The molecule has 0 radical (unpaired) electrons. The summed E-state index contributed by atoms with van der Waals surface area (Å²) >= 11 is 0. The Morgan fingerprint density at radius 1 is 0.692 bits per heavy atom. The van der Waals surface area contributed by atoms with Crippen LogP contribution in [-0.2, 0) is 25.7 Å². The molecule has 0 saturated carbocycles. The second-order valence-electron chi connectivity index (χ2n) is 6.40. The van der Waals surface area contributed by atoms with Gasteiger partial charge in [-0.15, -0.1) is 0 Å². The molecule has 0 saturated heterocycles. The maximum atomic E-state index is 11.6. The second kappa shape index (κ2) is 9.00. The van der Waals surface area contributed by atoms with E-state index in [1.807, 2.05) is 24.3 Å². The molecule has 2 heteroatoms. The normalized spacial score (nSPS) is 10.5. The van der Waals surface area contributed by atoms with Crippen molar-refractivity contribution in [2.45, 2.75) is 25.7 Å². The van der Waals surface area contributed by atoms with Crippen LogP contribution in [0.25, 0.3) is 0 Å². The van der Waals surface area contributed by atoms with Gasteiger partial charge < -0.3 is 4.74 Å². The van der Waals surface area contributed by atoms with Crippen LogP contribution in [0.5, 0.6) is 5.75 Å². The molecule has 0 atom stereocenters. The van der Waals surface area contributed by atoms with E-state index in [4.69, 9.17) is 4.74 Å². The summed E-state index contributed by atoms with van der Waals surface area (Å²) in [6.45, 7) is 0. The summed E-state index contributed by atoms with van der Waals surface area (Å²) in [5.74, 6) is 0.870. The van der Waals surface area contributed by atoms with Crippen LogP contribution in [0.4, 0.5) is 0 Å². The molecule has 2 nitrogen and oxygen atoms in total. The number of carbonyl (C=O) groups excluding carboxylic acids is 1. The van der Waals surface area contributed by atoms with Gasteiger partial charge in [0, 0.05) is 5.56 Å². The molecule has 0 aromatic heterocycles. The molecule has 0 heterocycles. The standard InChI is InChI=1S/C24H24O2/c1-26-24-17-14-21(18-25)22(15-12-19-8-4-2-5-9-19)23(24)16-13-20-10-6-3-7-11-20/h2-11,14,17-18H,12-13,15-16H2,1H3. The minimum absolute atomic E-state index is 0.768. The van der Waals surface area contributed by atoms with Gasteiger partial charge in [0.15, 0.2) is 0 Å². The minimum Gasteiger partial charge on any atom is -0.496 e. The lowest BCUT2D eigenvalue weighted by Gasteiger charge is -2.16. The van der Waals surface area contributed by atoms with Crippen molar-refractivity contribution in [3.8, 4) is 5.75 Å². The lowest BCUT2D eigenvalue weighted by molar-refractivity contribution is 0.112. The summed E-state index contributed by atoms with van der Waals surface area (Å²) < 4.78 is 5.61. The maximum Gasteiger partial charge on any atom is 0.150 e. The van der Waals surface area contributed by atoms with Crippen LogP contribution in [0, 0.1) is 0 Å². The van der Waals surface area contributed by atoms with Gasteiger partial charge in [-0.3, -0.25) is 4.79 Å². The van der Waals surface area contributed by atoms with Crippen LogP contribution in [0.2, 0.25) is 0 Å². The predicted molar refractivity (Wildman–Crippen MR) is 106 cm³/mol. The van der Waals surface area contributed by atoms with Gasteiger partial charge in [-0.25, -0.2) is 0 Å².